The van der Waals surface area contributed by atoms with Crippen molar-refractivity contribution in [1.82, 2.24) is 14.8 Å². The monoisotopic (exact) mass is 582 g/mol. The molecule has 0 radical (unpaired) electrons. The Balaban J connectivity index is 1.53. The predicted octanol–water partition coefficient (Wildman–Crippen LogP) is 5.26. The SMILES string of the molecule is NS(=O)c1ccc(Cc2c(-c3ccc(F)c(C4=CCCO4)c3)nn(-c3nc(C(=O)O)cs3)c2CC2CC2)cc1F. The molecule has 1 fully saturated rings. The first kappa shape index (κ1) is 26.5. The lowest BCUT2D eigenvalue weighted by atomic mass is 9.96. The van der Waals surface area contributed by atoms with E-state index >= 15 is 0 Å². The zero-order valence-corrected chi connectivity index (χ0v) is 22.7. The Labute approximate surface area is 234 Å². The van der Waals surface area contributed by atoms with Crippen LogP contribution in [0.15, 0.2) is 52.7 Å². The van der Waals surface area contributed by atoms with Crippen LogP contribution in [0.1, 0.15) is 52.1 Å². The van der Waals surface area contributed by atoms with Crippen LogP contribution in [-0.2, 0) is 28.6 Å². The molecule has 2 aromatic carbocycles. The van der Waals surface area contributed by atoms with Gasteiger partial charge >= 0.3 is 5.97 Å². The lowest BCUT2D eigenvalue weighted by Gasteiger charge is -2.11. The van der Waals surface area contributed by atoms with Crippen molar-refractivity contribution in [1.29, 1.82) is 0 Å². The van der Waals surface area contributed by atoms with Gasteiger partial charge in [-0.2, -0.15) is 5.10 Å². The zero-order chi connectivity index (χ0) is 28.0. The quantitative estimate of drug-likeness (QED) is 0.278. The molecule has 3 heterocycles. The maximum Gasteiger partial charge on any atom is 0.355 e. The highest BCUT2D eigenvalue weighted by Crippen LogP contribution is 2.39. The van der Waals surface area contributed by atoms with Crippen molar-refractivity contribution in [2.24, 2.45) is 11.1 Å². The van der Waals surface area contributed by atoms with Crippen LogP contribution in [0.3, 0.4) is 0 Å². The second-order valence-corrected chi connectivity index (χ2v) is 11.7. The Morgan fingerprint density at radius 2 is 2.02 bits per heavy atom. The second-order valence-electron chi connectivity index (χ2n) is 9.79. The van der Waals surface area contributed by atoms with Gasteiger partial charge in [0.15, 0.2) is 5.69 Å². The molecule has 1 aliphatic heterocycles. The zero-order valence-electron chi connectivity index (χ0n) is 21.1. The van der Waals surface area contributed by atoms with E-state index in [0.717, 1.165) is 35.4 Å². The molecule has 0 saturated heterocycles. The molecular formula is C28H24F2N4O4S2. The van der Waals surface area contributed by atoms with E-state index in [4.69, 9.17) is 15.0 Å². The molecule has 1 atom stereocenters. The van der Waals surface area contributed by atoms with Crippen LogP contribution in [0.2, 0.25) is 0 Å². The number of rotatable bonds is 9. The third-order valence-corrected chi connectivity index (χ3v) is 8.55. The van der Waals surface area contributed by atoms with E-state index in [1.54, 1.807) is 22.9 Å². The minimum absolute atomic E-state index is 0.0854. The smallest absolute Gasteiger partial charge is 0.355 e. The van der Waals surface area contributed by atoms with E-state index in [-0.39, 0.29) is 17.0 Å². The molecule has 1 aliphatic carbocycles. The molecule has 6 rings (SSSR count). The van der Waals surface area contributed by atoms with E-state index in [9.17, 15) is 22.9 Å². The molecule has 12 heteroatoms. The number of nitrogens with two attached hydrogens (primary N) is 1. The van der Waals surface area contributed by atoms with Crippen LogP contribution < -0.4 is 5.14 Å². The normalized spacial score (nSPS) is 15.6. The molecule has 0 bridgehead atoms. The van der Waals surface area contributed by atoms with Crippen LogP contribution in [0.4, 0.5) is 8.78 Å². The summed E-state index contributed by atoms with van der Waals surface area (Å²) >= 11 is 1.16. The maximum absolute atomic E-state index is 14.9. The molecule has 1 saturated carbocycles. The van der Waals surface area contributed by atoms with Crippen molar-refractivity contribution >= 4 is 34.1 Å². The largest absolute Gasteiger partial charge is 0.493 e. The summed E-state index contributed by atoms with van der Waals surface area (Å²) in [5.41, 5.74) is 3.65. The van der Waals surface area contributed by atoms with Gasteiger partial charge in [0.2, 0.25) is 5.13 Å². The van der Waals surface area contributed by atoms with Crippen LogP contribution in [0, 0.1) is 17.6 Å². The average molecular weight is 583 g/mol. The number of hydrogen-bond donors (Lipinski definition) is 2. The number of carbonyl (C=O) groups is 1. The van der Waals surface area contributed by atoms with E-state index in [0.29, 0.717) is 58.6 Å². The third kappa shape index (κ3) is 5.21. The van der Waals surface area contributed by atoms with E-state index in [1.165, 1.54) is 23.6 Å². The van der Waals surface area contributed by atoms with Crippen molar-refractivity contribution < 1.29 is 27.6 Å². The average Bonchev–Trinajstić information content (AvgIpc) is 3.29. The summed E-state index contributed by atoms with van der Waals surface area (Å²) in [7, 11) is -1.96. The fraction of sp³-hybridized carbons (Fsp3) is 0.250. The Morgan fingerprint density at radius 3 is 2.67 bits per heavy atom. The van der Waals surface area contributed by atoms with Crippen molar-refractivity contribution in [3.63, 3.8) is 0 Å². The number of thiazole rings is 1. The van der Waals surface area contributed by atoms with Gasteiger partial charge in [0.05, 0.1) is 28.5 Å². The Morgan fingerprint density at radius 1 is 1.20 bits per heavy atom. The Hall–Kier alpha value is -3.74. The summed E-state index contributed by atoms with van der Waals surface area (Å²) in [6, 6.07) is 9.08. The van der Waals surface area contributed by atoms with Crippen molar-refractivity contribution in [2.75, 3.05) is 6.61 Å². The summed E-state index contributed by atoms with van der Waals surface area (Å²) < 4.78 is 48.6. The number of halogens is 2. The summed E-state index contributed by atoms with van der Waals surface area (Å²) in [6.07, 6.45) is 5.57. The van der Waals surface area contributed by atoms with Gasteiger partial charge in [0.1, 0.15) is 28.4 Å². The third-order valence-electron chi connectivity index (χ3n) is 6.97. The first-order chi connectivity index (χ1) is 19.3. The lowest BCUT2D eigenvalue weighted by molar-refractivity contribution is 0.0691. The maximum atomic E-state index is 14.9. The highest BCUT2D eigenvalue weighted by Gasteiger charge is 2.30. The number of aromatic nitrogens is 3. The van der Waals surface area contributed by atoms with Gasteiger partial charge in [0.25, 0.3) is 0 Å². The molecular weight excluding hydrogens is 558 g/mol. The van der Waals surface area contributed by atoms with Crippen molar-refractivity contribution in [3.8, 4) is 16.4 Å². The lowest BCUT2D eigenvalue weighted by Crippen LogP contribution is -2.07. The standard InChI is InChI=1S/C28H24F2N4O4S2/c29-20-7-6-17(13-18(20)24-2-1-9-38-24)26-19(10-16-5-8-25(40(31)37)21(30)11-16)23(12-15-3-4-15)34(33-26)28-32-22(14-39-28)27(35)36/h2,5-8,11,13-15H,1,3-4,9-10,12,31H2,(H,35,36). The van der Waals surface area contributed by atoms with E-state index in [1.807, 2.05) is 6.08 Å². The first-order valence-corrected chi connectivity index (χ1v) is 14.8. The fourth-order valence-corrected chi connectivity index (χ4v) is 6.04. The number of nitrogens with zero attached hydrogens (tertiary/aromatic N) is 3. The molecule has 2 aromatic heterocycles. The van der Waals surface area contributed by atoms with Gasteiger partial charge < -0.3 is 9.84 Å². The van der Waals surface area contributed by atoms with E-state index < -0.39 is 28.6 Å². The van der Waals surface area contributed by atoms with Gasteiger partial charge in [-0.15, -0.1) is 11.3 Å². The minimum atomic E-state index is -1.96. The van der Waals surface area contributed by atoms with Crippen LogP contribution in [0.25, 0.3) is 22.1 Å². The van der Waals surface area contributed by atoms with Crippen LogP contribution in [0.5, 0.6) is 0 Å². The summed E-state index contributed by atoms with van der Waals surface area (Å²) in [6.45, 7) is 0.482. The first-order valence-electron chi connectivity index (χ1n) is 12.7. The van der Waals surface area contributed by atoms with E-state index in [2.05, 4.69) is 4.98 Å². The number of ether oxygens (including phenoxy) is 1. The number of carboxylic acids is 1. The topological polar surface area (TPSA) is 120 Å². The number of aromatic carboxylic acids is 1. The molecule has 40 heavy (non-hydrogen) atoms. The Bertz CT molecular complexity index is 1690. The summed E-state index contributed by atoms with van der Waals surface area (Å²) in [5.74, 6) is -1.33. The van der Waals surface area contributed by atoms with Gasteiger partial charge in [-0.05, 0) is 67.2 Å². The second kappa shape index (κ2) is 10.7. The molecule has 4 aromatic rings. The van der Waals surface area contributed by atoms with Crippen molar-refractivity contribution in [3.05, 3.63) is 87.6 Å². The predicted molar refractivity (Wildman–Crippen MR) is 146 cm³/mol. The van der Waals surface area contributed by atoms with Crippen molar-refractivity contribution in [2.45, 2.75) is 37.0 Å². The summed E-state index contributed by atoms with van der Waals surface area (Å²) in [5, 5.41) is 21.6. The number of carboxylic acid groups (broad SMARTS) is 1. The molecule has 3 N–H and O–H groups in total. The molecule has 1 unspecified atom stereocenters. The van der Waals surface area contributed by atoms with Gasteiger partial charge in [-0.1, -0.05) is 6.07 Å². The van der Waals surface area contributed by atoms with Gasteiger partial charge in [-0.25, -0.2) is 32.6 Å². The Kier molecular flexibility index (Phi) is 7.07. The highest BCUT2D eigenvalue weighted by atomic mass is 32.2. The van der Waals surface area contributed by atoms with Crippen LogP contribution in [-0.4, -0.2) is 36.7 Å². The summed E-state index contributed by atoms with van der Waals surface area (Å²) in [4.78, 5) is 15.7. The molecule has 2 aliphatic rings. The molecule has 206 valence electrons. The van der Waals surface area contributed by atoms with Crippen LogP contribution >= 0.6 is 11.3 Å². The highest BCUT2D eigenvalue weighted by molar-refractivity contribution is 7.82. The number of hydrogen-bond acceptors (Lipinski definition) is 6. The fourth-order valence-electron chi connectivity index (χ4n) is 4.81. The molecule has 8 nitrogen and oxygen atoms in total. The van der Waals surface area contributed by atoms with Gasteiger partial charge in [-0.3, -0.25) is 0 Å². The van der Waals surface area contributed by atoms with Gasteiger partial charge in [0, 0.05) is 29.3 Å². The molecule has 0 amide bonds. The minimum Gasteiger partial charge on any atom is -0.493 e. The molecule has 0 spiro atoms. The number of benzene rings is 2.